The van der Waals surface area contributed by atoms with Crippen molar-refractivity contribution in [2.24, 2.45) is 0 Å². The average molecular weight is 375 g/mol. The third-order valence-corrected chi connectivity index (χ3v) is 4.21. The van der Waals surface area contributed by atoms with Gasteiger partial charge in [-0.1, -0.05) is 23.2 Å². The molecular formula is C16H20Cl2N2O4. The van der Waals surface area contributed by atoms with Crippen LogP contribution in [0.5, 0.6) is 5.75 Å². The molecule has 0 unspecified atom stereocenters. The van der Waals surface area contributed by atoms with Crippen LogP contribution in [-0.2, 0) is 9.59 Å². The second-order valence-electron chi connectivity index (χ2n) is 5.68. The van der Waals surface area contributed by atoms with E-state index in [0.717, 1.165) is 6.42 Å². The van der Waals surface area contributed by atoms with Gasteiger partial charge in [-0.25, -0.2) is 0 Å². The van der Waals surface area contributed by atoms with E-state index in [1.165, 1.54) is 6.07 Å². The van der Waals surface area contributed by atoms with Gasteiger partial charge < -0.3 is 20.1 Å². The summed E-state index contributed by atoms with van der Waals surface area (Å²) in [5.74, 6) is 0.00852. The minimum absolute atomic E-state index is 0.0365. The number of aliphatic hydroxyl groups excluding tert-OH is 1. The van der Waals surface area contributed by atoms with Gasteiger partial charge >= 0.3 is 0 Å². The topological polar surface area (TPSA) is 78.9 Å². The minimum Gasteiger partial charge on any atom is -0.479 e. The molecule has 2 amide bonds. The molecule has 2 rings (SSSR count). The number of halogens is 2. The zero-order valence-corrected chi connectivity index (χ0v) is 14.8. The van der Waals surface area contributed by atoms with Crippen molar-refractivity contribution in [2.75, 3.05) is 19.6 Å². The van der Waals surface area contributed by atoms with Crippen molar-refractivity contribution in [3.8, 4) is 5.75 Å². The fourth-order valence-corrected chi connectivity index (χ4v) is 2.85. The number of carbonyl (C=O) groups excluding carboxylic acids is 2. The molecule has 0 bridgehead atoms. The van der Waals surface area contributed by atoms with Gasteiger partial charge in [0.25, 0.3) is 5.91 Å². The third kappa shape index (κ3) is 5.26. The number of hydrogen-bond acceptors (Lipinski definition) is 4. The van der Waals surface area contributed by atoms with Crippen LogP contribution in [0.1, 0.15) is 19.8 Å². The Balaban J connectivity index is 1.77. The predicted molar refractivity (Wildman–Crippen MR) is 91.4 cm³/mol. The molecule has 1 fully saturated rings. The number of carbonyl (C=O) groups is 2. The number of benzene rings is 1. The summed E-state index contributed by atoms with van der Waals surface area (Å²) < 4.78 is 5.50. The van der Waals surface area contributed by atoms with Crippen molar-refractivity contribution < 1.29 is 19.4 Å². The second-order valence-corrected chi connectivity index (χ2v) is 6.52. The molecule has 132 valence electrons. The molecule has 1 aromatic rings. The van der Waals surface area contributed by atoms with E-state index in [1.807, 2.05) is 0 Å². The number of amides is 2. The summed E-state index contributed by atoms with van der Waals surface area (Å²) in [6.07, 6.45) is -0.275. The highest BCUT2D eigenvalue weighted by molar-refractivity contribution is 6.35. The predicted octanol–water partition coefficient (Wildman–Crippen LogP) is 1.86. The highest BCUT2D eigenvalue weighted by atomic mass is 35.5. The molecule has 2 atom stereocenters. The first kappa shape index (κ1) is 18.8. The maximum Gasteiger partial charge on any atom is 0.260 e. The molecule has 0 aliphatic carbocycles. The lowest BCUT2D eigenvalue weighted by Gasteiger charge is -2.21. The maximum absolute atomic E-state index is 12.0. The monoisotopic (exact) mass is 374 g/mol. The van der Waals surface area contributed by atoms with Gasteiger partial charge in [-0.3, -0.25) is 9.59 Å². The molecule has 1 aliphatic rings. The second kappa shape index (κ2) is 8.55. The Bertz CT molecular complexity index is 612. The van der Waals surface area contributed by atoms with Crippen LogP contribution in [0.4, 0.5) is 0 Å². The lowest BCUT2D eigenvalue weighted by Crippen LogP contribution is -2.44. The van der Waals surface area contributed by atoms with Gasteiger partial charge in [0.15, 0.2) is 6.10 Å². The van der Waals surface area contributed by atoms with Crippen LogP contribution < -0.4 is 10.1 Å². The summed E-state index contributed by atoms with van der Waals surface area (Å²) in [6.45, 7) is 2.50. The van der Waals surface area contributed by atoms with E-state index >= 15 is 0 Å². The number of ether oxygens (including phenoxy) is 1. The number of nitrogens with one attached hydrogen (secondary N) is 1. The van der Waals surface area contributed by atoms with E-state index in [2.05, 4.69) is 5.32 Å². The Hall–Kier alpha value is -1.50. The number of aliphatic hydroxyl groups is 1. The highest BCUT2D eigenvalue weighted by Crippen LogP contribution is 2.28. The summed E-state index contributed by atoms with van der Waals surface area (Å²) in [5.41, 5.74) is 0. The van der Waals surface area contributed by atoms with Crippen LogP contribution in [-0.4, -0.2) is 53.7 Å². The minimum atomic E-state index is -0.817. The Kier molecular flexibility index (Phi) is 6.71. The highest BCUT2D eigenvalue weighted by Gasteiger charge is 2.23. The van der Waals surface area contributed by atoms with Gasteiger partial charge in [0.05, 0.1) is 11.1 Å². The molecule has 0 saturated carbocycles. The van der Waals surface area contributed by atoms with E-state index in [4.69, 9.17) is 27.9 Å². The van der Waals surface area contributed by atoms with Crippen molar-refractivity contribution in [3.05, 3.63) is 28.2 Å². The SMILES string of the molecule is C[C@H](Oc1ccc(Cl)cc1Cl)C(=O)NC[C@H](O)CN1CCCC1=O. The number of β-amino-alcohol motifs (C(OH)–C–C–N with tert-alkyl or cyclic N) is 1. The van der Waals surface area contributed by atoms with Crippen LogP contribution in [0.25, 0.3) is 0 Å². The Morgan fingerprint density at radius 1 is 1.46 bits per heavy atom. The van der Waals surface area contributed by atoms with Crippen LogP contribution in [0, 0.1) is 0 Å². The number of rotatable bonds is 7. The molecule has 1 heterocycles. The van der Waals surface area contributed by atoms with E-state index in [9.17, 15) is 14.7 Å². The lowest BCUT2D eigenvalue weighted by atomic mass is 10.3. The van der Waals surface area contributed by atoms with Crippen molar-refractivity contribution in [3.63, 3.8) is 0 Å². The first-order valence-electron chi connectivity index (χ1n) is 7.72. The molecule has 24 heavy (non-hydrogen) atoms. The summed E-state index contributed by atoms with van der Waals surface area (Å²) in [7, 11) is 0. The third-order valence-electron chi connectivity index (χ3n) is 3.68. The Morgan fingerprint density at radius 2 is 2.21 bits per heavy atom. The van der Waals surface area contributed by atoms with Crippen molar-refractivity contribution >= 4 is 35.0 Å². The first-order valence-corrected chi connectivity index (χ1v) is 8.47. The molecule has 0 radical (unpaired) electrons. The number of nitrogens with zero attached hydrogens (tertiary/aromatic N) is 1. The summed E-state index contributed by atoms with van der Waals surface area (Å²) in [4.78, 5) is 25.1. The van der Waals surface area contributed by atoms with E-state index in [-0.39, 0.29) is 24.9 Å². The van der Waals surface area contributed by atoms with E-state index in [1.54, 1.807) is 24.0 Å². The van der Waals surface area contributed by atoms with Gasteiger partial charge in [-0.2, -0.15) is 0 Å². The lowest BCUT2D eigenvalue weighted by molar-refractivity contribution is -0.129. The molecular weight excluding hydrogens is 355 g/mol. The molecule has 6 nitrogen and oxygen atoms in total. The molecule has 0 spiro atoms. The van der Waals surface area contributed by atoms with Gasteiger partial charge in [-0.15, -0.1) is 0 Å². The van der Waals surface area contributed by atoms with Gasteiger partial charge in [0.2, 0.25) is 5.91 Å². The summed E-state index contributed by atoms with van der Waals surface area (Å²) >= 11 is 11.8. The standard InChI is InChI=1S/C16H20Cl2N2O4/c1-10(24-14-5-4-11(17)7-13(14)18)16(23)19-8-12(21)9-20-6-2-3-15(20)22/h4-5,7,10,12,21H,2-3,6,8-9H2,1H3,(H,19,23)/t10-,12-/m0/s1. The van der Waals surface area contributed by atoms with Crippen LogP contribution in [0.3, 0.4) is 0 Å². The fourth-order valence-electron chi connectivity index (χ4n) is 2.39. The van der Waals surface area contributed by atoms with Gasteiger partial charge in [0.1, 0.15) is 5.75 Å². The zero-order valence-electron chi connectivity index (χ0n) is 13.3. The largest absolute Gasteiger partial charge is 0.479 e. The maximum atomic E-state index is 12.0. The van der Waals surface area contributed by atoms with Crippen LogP contribution in [0.15, 0.2) is 18.2 Å². The molecule has 8 heteroatoms. The summed E-state index contributed by atoms with van der Waals surface area (Å²) in [5, 5.41) is 13.3. The smallest absolute Gasteiger partial charge is 0.260 e. The van der Waals surface area contributed by atoms with Crippen molar-refractivity contribution in [1.29, 1.82) is 0 Å². The quantitative estimate of drug-likeness (QED) is 0.763. The van der Waals surface area contributed by atoms with Gasteiger partial charge in [0, 0.05) is 31.1 Å². The Labute approximate surface area is 150 Å². The number of hydrogen-bond donors (Lipinski definition) is 2. The number of likely N-dealkylation sites (tertiary alicyclic amines) is 1. The molecule has 1 saturated heterocycles. The average Bonchev–Trinajstić information content (AvgIpc) is 2.92. The van der Waals surface area contributed by atoms with Crippen molar-refractivity contribution in [1.82, 2.24) is 10.2 Å². The normalized spacial score (nSPS) is 16.8. The Morgan fingerprint density at radius 3 is 2.83 bits per heavy atom. The van der Waals surface area contributed by atoms with Gasteiger partial charge in [-0.05, 0) is 31.5 Å². The first-order chi connectivity index (χ1) is 11.4. The molecule has 0 aromatic heterocycles. The van der Waals surface area contributed by atoms with E-state index < -0.39 is 12.2 Å². The fraction of sp³-hybridized carbons (Fsp3) is 0.500. The zero-order chi connectivity index (χ0) is 17.7. The van der Waals surface area contributed by atoms with Crippen LogP contribution >= 0.6 is 23.2 Å². The van der Waals surface area contributed by atoms with E-state index in [0.29, 0.717) is 28.8 Å². The molecule has 1 aromatic carbocycles. The molecule has 1 aliphatic heterocycles. The molecule has 2 N–H and O–H groups in total. The van der Waals surface area contributed by atoms with Crippen molar-refractivity contribution in [2.45, 2.75) is 32.0 Å². The van der Waals surface area contributed by atoms with Crippen LogP contribution in [0.2, 0.25) is 10.0 Å². The summed E-state index contributed by atoms with van der Waals surface area (Å²) in [6, 6.07) is 4.73.